The molecule has 150 valence electrons. The molecule has 0 unspecified atom stereocenters. The van der Waals surface area contributed by atoms with Crippen molar-refractivity contribution < 1.29 is 14.2 Å². The van der Waals surface area contributed by atoms with Crippen molar-refractivity contribution in [2.45, 2.75) is 19.4 Å². The highest BCUT2D eigenvalue weighted by molar-refractivity contribution is 6.32. The van der Waals surface area contributed by atoms with Gasteiger partial charge in [-0.1, -0.05) is 23.7 Å². The Balaban J connectivity index is 1.51. The van der Waals surface area contributed by atoms with E-state index in [0.29, 0.717) is 36.3 Å². The first kappa shape index (κ1) is 20.1. The zero-order valence-electron chi connectivity index (χ0n) is 16.3. The fourth-order valence-electron chi connectivity index (χ4n) is 2.91. The fraction of sp³-hybridized carbons (Fsp3) is 0.381. The van der Waals surface area contributed by atoms with Crippen LogP contribution in [0, 0.1) is 0 Å². The van der Waals surface area contributed by atoms with Crippen LogP contribution in [0.5, 0.6) is 17.2 Å². The largest absolute Gasteiger partial charge is 0.497 e. The van der Waals surface area contributed by atoms with Crippen LogP contribution in [0.4, 0.5) is 0 Å². The molecule has 0 spiro atoms. The van der Waals surface area contributed by atoms with Crippen LogP contribution in [-0.2, 0) is 13.0 Å². The number of benzene rings is 2. The van der Waals surface area contributed by atoms with Gasteiger partial charge in [0, 0.05) is 26.6 Å². The van der Waals surface area contributed by atoms with E-state index < -0.39 is 0 Å². The molecule has 0 radical (unpaired) electrons. The van der Waals surface area contributed by atoms with Gasteiger partial charge in [-0.15, -0.1) is 0 Å². The zero-order valence-corrected chi connectivity index (χ0v) is 17.0. The molecule has 1 aliphatic rings. The third kappa shape index (κ3) is 5.45. The fourth-order valence-corrected chi connectivity index (χ4v) is 3.20. The lowest BCUT2D eigenvalue weighted by Crippen LogP contribution is -2.37. The summed E-state index contributed by atoms with van der Waals surface area (Å²) in [5.74, 6) is 2.92. The Labute approximate surface area is 170 Å². The molecule has 0 atom stereocenters. The second-order valence-electron chi connectivity index (χ2n) is 6.41. The monoisotopic (exact) mass is 403 g/mol. The molecule has 3 rings (SSSR count). The van der Waals surface area contributed by atoms with E-state index in [-0.39, 0.29) is 0 Å². The highest BCUT2D eigenvalue weighted by Gasteiger charge is 2.15. The van der Waals surface area contributed by atoms with E-state index in [4.69, 9.17) is 25.8 Å². The maximum absolute atomic E-state index is 6.35. The van der Waals surface area contributed by atoms with Crippen LogP contribution in [0.2, 0.25) is 5.02 Å². The van der Waals surface area contributed by atoms with Gasteiger partial charge in [0.25, 0.3) is 0 Å². The summed E-state index contributed by atoms with van der Waals surface area (Å²) in [4.78, 5) is 4.27. The van der Waals surface area contributed by atoms with E-state index >= 15 is 0 Å². The van der Waals surface area contributed by atoms with E-state index in [2.05, 4.69) is 27.8 Å². The molecule has 0 aromatic heterocycles. The van der Waals surface area contributed by atoms with Gasteiger partial charge >= 0.3 is 0 Å². The molecular formula is C21H26ClN3O3. The average Bonchev–Trinajstić information content (AvgIpc) is 2.97. The van der Waals surface area contributed by atoms with Gasteiger partial charge in [0.1, 0.15) is 5.75 Å². The lowest BCUT2D eigenvalue weighted by molar-refractivity contribution is 0.297. The summed E-state index contributed by atoms with van der Waals surface area (Å²) in [6, 6.07) is 11.9. The Morgan fingerprint density at radius 1 is 1.11 bits per heavy atom. The molecule has 0 amide bonds. The first-order chi connectivity index (χ1) is 13.7. The molecular weight excluding hydrogens is 378 g/mol. The van der Waals surface area contributed by atoms with Crippen LogP contribution >= 0.6 is 11.6 Å². The normalized spacial score (nSPS) is 13.6. The summed E-state index contributed by atoms with van der Waals surface area (Å²) in [6.45, 7) is 2.61. The molecule has 0 bridgehead atoms. The Morgan fingerprint density at radius 3 is 2.64 bits per heavy atom. The minimum atomic E-state index is 0.568. The first-order valence-corrected chi connectivity index (χ1v) is 9.73. The summed E-state index contributed by atoms with van der Waals surface area (Å²) >= 11 is 6.35. The molecule has 2 aromatic rings. The predicted molar refractivity (Wildman–Crippen MR) is 112 cm³/mol. The first-order valence-electron chi connectivity index (χ1n) is 9.35. The number of hydrogen-bond donors (Lipinski definition) is 2. The number of methoxy groups -OCH3 is 1. The highest BCUT2D eigenvalue weighted by atomic mass is 35.5. The minimum Gasteiger partial charge on any atom is -0.497 e. The van der Waals surface area contributed by atoms with Gasteiger partial charge in [0.15, 0.2) is 17.5 Å². The Morgan fingerprint density at radius 2 is 1.89 bits per heavy atom. The van der Waals surface area contributed by atoms with Crippen LogP contribution in [0.1, 0.15) is 17.5 Å². The molecule has 0 saturated carbocycles. The van der Waals surface area contributed by atoms with Gasteiger partial charge in [-0.2, -0.15) is 0 Å². The van der Waals surface area contributed by atoms with Crippen LogP contribution < -0.4 is 24.8 Å². The summed E-state index contributed by atoms with van der Waals surface area (Å²) in [5.41, 5.74) is 2.24. The van der Waals surface area contributed by atoms with Crippen LogP contribution in [-0.4, -0.2) is 39.9 Å². The second kappa shape index (κ2) is 10.1. The maximum atomic E-state index is 6.35. The SMILES string of the molecule is CN=C(NCCc1ccc(OC)cc1)NCc1cc(Cl)c2c(c1)OCCCO2. The van der Waals surface area contributed by atoms with Gasteiger partial charge in [-0.05, 0) is 41.8 Å². The Bertz CT molecular complexity index is 809. The van der Waals surface area contributed by atoms with Crippen molar-refractivity contribution in [2.75, 3.05) is 33.9 Å². The van der Waals surface area contributed by atoms with Gasteiger partial charge in [-0.3, -0.25) is 4.99 Å². The average molecular weight is 404 g/mol. The van der Waals surface area contributed by atoms with Crippen molar-refractivity contribution in [1.29, 1.82) is 0 Å². The van der Waals surface area contributed by atoms with Crippen molar-refractivity contribution >= 4 is 17.6 Å². The molecule has 0 aliphatic carbocycles. The van der Waals surface area contributed by atoms with Gasteiger partial charge in [0.05, 0.1) is 25.3 Å². The van der Waals surface area contributed by atoms with Gasteiger partial charge in [0.2, 0.25) is 0 Å². The number of aliphatic imine (C=N–C) groups is 1. The van der Waals surface area contributed by atoms with E-state index in [0.717, 1.165) is 36.7 Å². The molecule has 2 N–H and O–H groups in total. The number of nitrogens with one attached hydrogen (secondary N) is 2. The molecule has 2 aromatic carbocycles. The molecule has 28 heavy (non-hydrogen) atoms. The quantitative estimate of drug-likeness (QED) is 0.571. The lowest BCUT2D eigenvalue weighted by atomic mass is 10.1. The Hall–Kier alpha value is -2.60. The number of fused-ring (bicyclic) bond motifs is 1. The Kier molecular flexibility index (Phi) is 7.25. The van der Waals surface area contributed by atoms with E-state index in [1.807, 2.05) is 24.3 Å². The van der Waals surface area contributed by atoms with Crippen LogP contribution in [0.15, 0.2) is 41.4 Å². The van der Waals surface area contributed by atoms with Crippen molar-refractivity contribution in [3.05, 3.63) is 52.5 Å². The molecule has 1 aliphatic heterocycles. The minimum absolute atomic E-state index is 0.568. The van der Waals surface area contributed by atoms with Gasteiger partial charge in [-0.25, -0.2) is 0 Å². The number of nitrogens with zero attached hydrogens (tertiary/aromatic N) is 1. The molecule has 1 heterocycles. The summed E-state index contributed by atoms with van der Waals surface area (Å²) in [6.07, 6.45) is 1.74. The van der Waals surface area contributed by atoms with Crippen LogP contribution in [0.25, 0.3) is 0 Å². The van der Waals surface area contributed by atoms with Crippen LogP contribution in [0.3, 0.4) is 0 Å². The predicted octanol–water partition coefficient (Wildman–Crippen LogP) is 3.42. The number of hydrogen-bond acceptors (Lipinski definition) is 4. The smallest absolute Gasteiger partial charge is 0.191 e. The molecule has 0 saturated heterocycles. The zero-order chi connectivity index (χ0) is 19.8. The second-order valence-corrected chi connectivity index (χ2v) is 6.81. The maximum Gasteiger partial charge on any atom is 0.191 e. The number of ether oxygens (including phenoxy) is 3. The lowest BCUT2D eigenvalue weighted by Gasteiger charge is -2.14. The third-order valence-corrected chi connectivity index (χ3v) is 4.69. The van der Waals surface area contributed by atoms with E-state index in [1.165, 1.54) is 5.56 Å². The van der Waals surface area contributed by atoms with Crippen molar-refractivity contribution in [2.24, 2.45) is 4.99 Å². The number of halogens is 1. The summed E-state index contributed by atoms with van der Waals surface area (Å²) in [5, 5.41) is 7.19. The summed E-state index contributed by atoms with van der Waals surface area (Å²) < 4.78 is 16.6. The highest BCUT2D eigenvalue weighted by Crippen LogP contribution is 2.37. The third-order valence-electron chi connectivity index (χ3n) is 4.41. The molecule has 0 fully saturated rings. The topological polar surface area (TPSA) is 64.1 Å². The van der Waals surface area contributed by atoms with Crippen molar-refractivity contribution in [3.63, 3.8) is 0 Å². The standard InChI is InChI=1S/C21H26ClN3O3/c1-23-21(24-9-8-15-4-6-17(26-2)7-5-15)25-14-16-12-18(22)20-19(13-16)27-10-3-11-28-20/h4-7,12-13H,3,8-11,14H2,1-2H3,(H2,23,24,25). The van der Waals surface area contributed by atoms with Crippen molar-refractivity contribution in [3.8, 4) is 17.2 Å². The molecule has 7 heteroatoms. The number of guanidine groups is 1. The number of rotatable bonds is 6. The van der Waals surface area contributed by atoms with Gasteiger partial charge < -0.3 is 24.8 Å². The summed E-state index contributed by atoms with van der Waals surface area (Å²) in [7, 11) is 3.42. The van der Waals surface area contributed by atoms with E-state index in [1.54, 1.807) is 14.2 Å². The van der Waals surface area contributed by atoms with E-state index in [9.17, 15) is 0 Å². The van der Waals surface area contributed by atoms with Crippen molar-refractivity contribution in [1.82, 2.24) is 10.6 Å². The molecule has 6 nitrogen and oxygen atoms in total.